The summed E-state index contributed by atoms with van der Waals surface area (Å²) < 4.78 is 91.6. The largest absolute Gasteiger partial charge is 0.496 e. The van der Waals surface area contributed by atoms with Crippen molar-refractivity contribution in [1.29, 1.82) is 0 Å². The second-order valence-corrected chi connectivity index (χ2v) is 12.6. The Balaban J connectivity index is 1.50. The molecule has 1 saturated carbocycles. The van der Waals surface area contributed by atoms with Crippen LogP contribution in [-0.4, -0.2) is 76.7 Å². The molecule has 1 aromatic carbocycles. The Labute approximate surface area is 278 Å². The zero-order valence-electron chi connectivity index (χ0n) is 27.3. The fraction of sp³-hybridized carbons (Fsp3) is 0.471. The van der Waals surface area contributed by atoms with Crippen LogP contribution in [0, 0.1) is 12.8 Å². The van der Waals surface area contributed by atoms with Crippen molar-refractivity contribution >= 4 is 18.0 Å². The number of hydrogen-bond acceptors (Lipinski definition) is 7. The molecule has 3 aliphatic rings. The van der Waals surface area contributed by atoms with Crippen molar-refractivity contribution in [3.05, 3.63) is 70.6 Å². The van der Waals surface area contributed by atoms with Gasteiger partial charge in [-0.3, -0.25) is 9.69 Å². The Bertz CT molecular complexity index is 1710. The lowest BCUT2D eigenvalue weighted by atomic mass is 9.71. The topological polar surface area (TPSA) is 105 Å². The van der Waals surface area contributed by atoms with Crippen LogP contribution in [0.15, 0.2) is 53.6 Å². The molecule has 15 heteroatoms. The van der Waals surface area contributed by atoms with E-state index in [0.29, 0.717) is 60.1 Å². The maximum atomic E-state index is 13.8. The standard InChI is InChI=1S/C34H36F6N4O5/c1-17(11-24(34(38,39)40)12-18(2)33(35,36)37)29-20(4)44(32(47)49-29)16-26-28(19(3)41-31(42-26)43-9-6-10-43)25-15-21(7-8-27(25)48-5)22-13-23(14-22)30(45)46/h7-8,11-12,15,20,22-23,29H,1,6,9-10,13-14,16H2,2-5H3,(H,45,46)/b18-12+,24-11+/t20-,22?,23?,29+/m0/s1. The highest BCUT2D eigenvalue weighted by atomic mass is 19.4. The number of allylic oxidation sites excluding steroid dienone is 3. The number of aryl methyl sites for hydroxylation is 1. The lowest BCUT2D eigenvalue weighted by Crippen LogP contribution is -2.39. The average molecular weight is 695 g/mol. The molecule has 1 aromatic heterocycles. The molecule has 0 bridgehead atoms. The molecule has 2 saturated heterocycles. The Morgan fingerprint density at radius 1 is 1.12 bits per heavy atom. The molecular weight excluding hydrogens is 658 g/mol. The summed E-state index contributed by atoms with van der Waals surface area (Å²) >= 11 is 0. The number of benzene rings is 1. The summed E-state index contributed by atoms with van der Waals surface area (Å²) in [6.45, 7) is 8.78. The first kappa shape index (κ1) is 35.7. The van der Waals surface area contributed by atoms with Crippen molar-refractivity contribution < 1.29 is 50.5 Å². The molecule has 0 radical (unpaired) electrons. The number of rotatable bonds is 10. The number of ether oxygens (including phenoxy) is 2. The highest BCUT2D eigenvalue weighted by Crippen LogP contribution is 2.45. The zero-order chi connectivity index (χ0) is 36.0. The Hall–Kier alpha value is -4.56. The number of nitrogens with zero attached hydrogens (tertiary/aromatic N) is 4. The molecule has 49 heavy (non-hydrogen) atoms. The summed E-state index contributed by atoms with van der Waals surface area (Å²) in [6, 6.07) is 4.67. The summed E-state index contributed by atoms with van der Waals surface area (Å²) in [5.74, 6) is -0.335. The number of amides is 1. The SMILES string of the molecule is C=C(/C=C(\C=C(/C)C(F)(F)F)C(F)(F)F)[C@H]1OC(=O)N(Cc2nc(N3CCC3)nc(C)c2-c2cc(C3CC(C(=O)O)C3)ccc2OC)[C@H]1C. The van der Waals surface area contributed by atoms with Crippen molar-refractivity contribution in [2.24, 2.45) is 5.92 Å². The number of carbonyl (C=O) groups excluding carboxylic acids is 1. The van der Waals surface area contributed by atoms with E-state index in [-0.39, 0.29) is 24.1 Å². The second kappa shape index (κ2) is 13.4. The molecule has 2 atom stereocenters. The predicted molar refractivity (Wildman–Crippen MR) is 167 cm³/mol. The highest BCUT2D eigenvalue weighted by molar-refractivity contribution is 5.78. The molecule has 0 spiro atoms. The number of carboxylic acid groups (broad SMARTS) is 1. The van der Waals surface area contributed by atoms with Crippen LogP contribution in [0.1, 0.15) is 56.0 Å². The van der Waals surface area contributed by atoms with Crippen LogP contribution in [0.25, 0.3) is 11.1 Å². The third-order valence-electron chi connectivity index (χ3n) is 9.31. The third kappa shape index (κ3) is 7.39. The van der Waals surface area contributed by atoms with Crippen LogP contribution in [0.2, 0.25) is 0 Å². The van der Waals surface area contributed by atoms with Gasteiger partial charge >= 0.3 is 24.4 Å². The summed E-state index contributed by atoms with van der Waals surface area (Å²) in [5, 5.41) is 9.37. The van der Waals surface area contributed by atoms with Crippen LogP contribution in [0.3, 0.4) is 0 Å². The first-order valence-electron chi connectivity index (χ1n) is 15.6. The van der Waals surface area contributed by atoms with Crippen molar-refractivity contribution in [3.8, 4) is 16.9 Å². The minimum Gasteiger partial charge on any atom is -0.496 e. The molecule has 2 aliphatic heterocycles. The van der Waals surface area contributed by atoms with Gasteiger partial charge in [0.1, 0.15) is 11.9 Å². The number of methoxy groups -OCH3 is 1. The first-order valence-corrected chi connectivity index (χ1v) is 15.6. The van der Waals surface area contributed by atoms with Crippen molar-refractivity contribution in [3.63, 3.8) is 0 Å². The Morgan fingerprint density at radius 3 is 2.35 bits per heavy atom. The number of aromatic nitrogens is 2. The van der Waals surface area contributed by atoms with E-state index in [1.807, 2.05) is 17.0 Å². The molecule has 1 amide bonds. The van der Waals surface area contributed by atoms with Gasteiger partial charge in [0.2, 0.25) is 5.95 Å². The van der Waals surface area contributed by atoms with Gasteiger partial charge in [0.05, 0.1) is 42.6 Å². The molecule has 1 aliphatic carbocycles. The minimum atomic E-state index is -5.14. The molecule has 5 rings (SSSR count). The maximum Gasteiger partial charge on any atom is 0.416 e. The fourth-order valence-corrected chi connectivity index (χ4v) is 6.17. The van der Waals surface area contributed by atoms with Crippen LogP contribution < -0.4 is 9.64 Å². The monoisotopic (exact) mass is 694 g/mol. The van der Waals surface area contributed by atoms with E-state index in [9.17, 15) is 41.0 Å². The smallest absolute Gasteiger partial charge is 0.416 e. The highest BCUT2D eigenvalue weighted by Gasteiger charge is 2.43. The van der Waals surface area contributed by atoms with Crippen LogP contribution >= 0.6 is 0 Å². The molecule has 264 valence electrons. The average Bonchev–Trinajstić information content (AvgIpc) is 3.22. The molecular formula is C34H36F6N4O5. The van der Waals surface area contributed by atoms with Gasteiger partial charge in [-0.05, 0) is 81.4 Å². The van der Waals surface area contributed by atoms with E-state index in [0.717, 1.165) is 25.1 Å². The summed E-state index contributed by atoms with van der Waals surface area (Å²) in [4.78, 5) is 37.5. The fourth-order valence-electron chi connectivity index (χ4n) is 6.17. The summed E-state index contributed by atoms with van der Waals surface area (Å²) in [5.41, 5.74) is -0.314. The Morgan fingerprint density at radius 2 is 1.80 bits per heavy atom. The van der Waals surface area contributed by atoms with E-state index in [2.05, 4.69) is 6.58 Å². The predicted octanol–water partition coefficient (Wildman–Crippen LogP) is 7.51. The van der Waals surface area contributed by atoms with Crippen LogP contribution in [-0.2, 0) is 16.1 Å². The molecule has 2 aromatic rings. The van der Waals surface area contributed by atoms with Gasteiger partial charge in [0.15, 0.2) is 0 Å². The number of carboxylic acids is 1. The van der Waals surface area contributed by atoms with Gasteiger partial charge in [-0.15, -0.1) is 0 Å². The Kier molecular flexibility index (Phi) is 9.77. The van der Waals surface area contributed by atoms with Crippen LogP contribution in [0.5, 0.6) is 5.75 Å². The van der Waals surface area contributed by atoms with Crippen molar-refractivity contribution in [2.45, 2.75) is 77.0 Å². The third-order valence-corrected chi connectivity index (χ3v) is 9.31. The van der Waals surface area contributed by atoms with Crippen molar-refractivity contribution in [1.82, 2.24) is 14.9 Å². The van der Waals surface area contributed by atoms with E-state index >= 15 is 0 Å². The first-order chi connectivity index (χ1) is 22.9. The molecule has 3 fully saturated rings. The van der Waals surface area contributed by atoms with E-state index in [1.165, 1.54) is 12.0 Å². The molecule has 0 unspecified atom stereocenters. The number of halogens is 6. The van der Waals surface area contributed by atoms with Gasteiger partial charge in [-0.2, -0.15) is 26.3 Å². The van der Waals surface area contributed by atoms with Gasteiger partial charge in [0.25, 0.3) is 0 Å². The number of anilines is 1. The van der Waals surface area contributed by atoms with Gasteiger partial charge in [0, 0.05) is 29.8 Å². The summed E-state index contributed by atoms with van der Waals surface area (Å²) in [7, 11) is 1.50. The number of aliphatic carboxylic acids is 1. The summed E-state index contributed by atoms with van der Waals surface area (Å²) in [6.07, 6.45) is -9.92. The minimum absolute atomic E-state index is 0.00935. The molecule has 9 nitrogen and oxygen atoms in total. The molecule has 1 N–H and O–H groups in total. The zero-order valence-corrected chi connectivity index (χ0v) is 27.3. The quantitative estimate of drug-likeness (QED) is 0.201. The maximum absolute atomic E-state index is 13.8. The second-order valence-electron chi connectivity index (χ2n) is 12.6. The number of alkyl halides is 6. The van der Waals surface area contributed by atoms with Crippen LogP contribution in [0.4, 0.5) is 37.1 Å². The number of hydrogen-bond donors (Lipinski definition) is 1. The molecule has 3 heterocycles. The van der Waals surface area contributed by atoms with Gasteiger partial charge in [-0.25, -0.2) is 14.8 Å². The lowest BCUT2D eigenvalue weighted by molar-refractivity contribution is -0.145. The van der Waals surface area contributed by atoms with Crippen molar-refractivity contribution in [2.75, 3.05) is 25.1 Å². The van der Waals surface area contributed by atoms with Gasteiger partial charge < -0.3 is 19.5 Å². The van der Waals surface area contributed by atoms with E-state index in [4.69, 9.17) is 19.4 Å². The van der Waals surface area contributed by atoms with Gasteiger partial charge in [-0.1, -0.05) is 12.6 Å². The normalized spacial score (nSPS) is 23.2. The number of cyclic esters (lactones) is 1. The number of carbonyl (C=O) groups is 2. The lowest BCUT2D eigenvalue weighted by Gasteiger charge is -2.33. The van der Waals surface area contributed by atoms with E-state index < -0.39 is 53.6 Å². The van der Waals surface area contributed by atoms with E-state index in [1.54, 1.807) is 19.9 Å².